The van der Waals surface area contributed by atoms with E-state index in [1.54, 1.807) is 11.3 Å². The molecule has 0 amide bonds. The van der Waals surface area contributed by atoms with Crippen molar-refractivity contribution in [3.8, 4) is 0 Å². The van der Waals surface area contributed by atoms with Crippen LogP contribution in [-0.4, -0.2) is 30.0 Å². The van der Waals surface area contributed by atoms with Crippen molar-refractivity contribution < 1.29 is 9.84 Å². The van der Waals surface area contributed by atoms with Crippen molar-refractivity contribution in [3.63, 3.8) is 0 Å². The maximum atomic E-state index is 10.6. The first-order valence-corrected chi connectivity index (χ1v) is 7.49. The molecule has 2 atom stereocenters. The monoisotopic (exact) mass is 269 g/mol. The second kappa shape index (κ2) is 5.29. The van der Waals surface area contributed by atoms with Gasteiger partial charge in [0.2, 0.25) is 0 Å². The van der Waals surface area contributed by atoms with Crippen LogP contribution in [0.3, 0.4) is 0 Å². The molecule has 0 aromatic carbocycles. The molecule has 1 aliphatic carbocycles. The van der Waals surface area contributed by atoms with Crippen LogP contribution in [0.25, 0.3) is 0 Å². The van der Waals surface area contributed by atoms with Crippen molar-refractivity contribution in [3.05, 3.63) is 22.4 Å². The van der Waals surface area contributed by atoms with Gasteiger partial charge in [0.15, 0.2) is 0 Å². The standard InChI is InChI=1S/C14H23NO2S/c1-4-17-12-7-14(16,13(12,2)3)10-15-8-11-5-6-18-9-11/h5-6,9,12,15-16H,4,7-8,10H2,1-3H3/t12-,14-/m1/s1. The zero-order valence-electron chi connectivity index (χ0n) is 11.4. The normalized spacial score (nSPS) is 30.1. The van der Waals surface area contributed by atoms with E-state index in [4.69, 9.17) is 4.74 Å². The van der Waals surface area contributed by atoms with Gasteiger partial charge in [0, 0.05) is 31.5 Å². The average molecular weight is 269 g/mol. The molecule has 1 aromatic rings. The highest BCUT2D eigenvalue weighted by molar-refractivity contribution is 7.07. The summed E-state index contributed by atoms with van der Waals surface area (Å²) >= 11 is 1.70. The molecule has 102 valence electrons. The highest BCUT2D eigenvalue weighted by Crippen LogP contribution is 2.50. The lowest BCUT2D eigenvalue weighted by Gasteiger charge is -2.58. The third kappa shape index (κ3) is 2.48. The molecule has 18 heavy (non-hydrogen) atoms. The molecule has 0 radical (unpaired) electrons. The lowest BCUT2D eigenvalue weighted by molar-refractivity contribution is -0.238. The van der Waals surface area contributed by atoms with Crippen molar-refractivity contribution in [1.29, 1.82) is 0 Å². The van der Waals surface area contributed by atoms with E-state index in [2.05, 4.69) is 36.0 Å². The van der Waals surface area contributed by atoms with E-state index < -0.39 is 5.60 Å². The minimum atomic E-state index is -0.650. The van der Waals surface area contributed by atoms with Gasteiger partial charge in [-0.05, 0) is 29.3 Å². The van der Waals surface area contributed by atoms with E-state index in [9.17, 15) is 5.11 Å². The Kier molecular flexibility index (Phi) is 4.11. The first-order chi connectivity index (χ1) is 8.49. The van der Waals surface area contributed by atoms with Gasteiger partial charge in [-0.25, -0.2) is 0 Å². The highest BCUT2D eigenvalue weighted by Gasteiger charge is 2.59. The average Bonchev–Trinajstić information content (AvgIpc) is 2.82. The van der Waals surface area contributed by atoms with E-state index in [1.165, 1.54) is 5.56 Å². The van der Waals surface area contributed by atoms with E-state index in [1.807, 2.05) is 6.92 Å². The van der Waals surface area contributed by atoms with E-state index >= 15 is 0 Å². The molecule has 0 saturated heterocycles. The van der Waals surface area contributed by atoms with E-state index in [0.29, 0.717) is 13.2 Å². The molecular formula is C14H23NO2S. The van der Waals surface area contributed by atoms with Gasteiger partial charge < -0.3 is 15.2 Å². The van der Waals surface area contributed by atoms with Crippen LogP contribution in [0.5, 0.6) is 0 Å². The second-order valence-corrected chi connectivity index (χ2v) is 6.42. The summed E-state index contributed by atoms with van der Waals surface area (Å²) in [5.74, 6) is 0. The molecule has 1 fully saturated rings. The summed E-state index contributed by atoms with van der Waals surface area (Å²) in [6.07, 6.45) is 0.903. The van der Waals surface area contributed by atoms with Crippen LogP contribution in [0.2, 0.25) is 0 Å². The van der Waals surface area contributed by atoms with Gasteiger partial charge in [0.25, 0.3) is 0 Å². The van der Waals surface area contributed by atoms with Gasteiger partial charge in [0.05, 0.1) is 11.7 Å². The minimum Gasteiger partial charge on any atom is -0.388 e. The predicted molar refractivity (Wildman–Crippen MR) is 74.8 cm³/mol. The van der Waals surface area contributed by atoms with Gasteiger partial charge in [-0.1, -0.05) is 13.8 Å². The largest absolute Gasteiger partial charge is 0.388 e. The minimum absolute atomic E-state index is 0.176. The van der Waals surface area contributed by atoms with E-state index in [0.717, 1.165) is 13.0 Å². The summed E-state index contributed by atoms with van der Waals surface area (Å²) in [5.41, 5.74) is 0.454. The van der Waals surface area contributed by atoms with Crippen molar-refractivity contribution in [2.24, 2.45) is 5.41 Å². The number of rotatable bonds is 6. The quantitative estimate of drug-likeness (QED) is 0.833. The highest BCUT2D eigenvalue weighted by atomic mass is 32.1. The molecule has 0 bridgehead atoms. The van der Waals surface area contributed by atoms with Gasteiger partial charge in [0.1, 0.15) is 0 Å². The smallest absolute Gasteiger partial charge is 0.0871 e. The summed E-state index contributed by atoms with van der Waals surface area (Å²) in [7, 11) is 0. The van der Waals surface area contributed by atoms with Crippen LogP contribution < -0.4 is 5.32 Å². The molecule has 0 aliphatic heterocycles. The van der Waals surface area contributed by atoms with Crippen molar-refractivity contribution >= 4 is 11.3 Å². The third-order valence-corrected chi connectivity index (χ3v) is 4.95. The number of nitrogens with one attached hydrogen (secondary N) is 1. The fraction of sp³-hybridized carbons (Fsp3) is 0.714. The molecule has 0 spiro atoms. The zero-order valence-corrected chi connectivity index (χ0v) is 12.2. The fourth-order valence-electron chi connectivity index (χ4n) is 2.57. The number of ether oxygens (including phenoxy) is 1. The Bertz CT molecular complexity index is 377. The molecule has 1 saturated carbocycles. The Morgan fingerprint density at radius 3 is 2.89 bits per heavy atom. The lowest BCUT2D eigenvalue weighted by atomic mass is 9.56. The zero-order chi connectivity index (χ0) is 13.2. The number of thiophene rings is 1. The van der Waals surface area contributed by atoms with Crippen LogP contribution in [-0.2, 0) is 11.3 Å². The molecule has 1 aliphatic rings. The number of hydrogen-bond donors (Lipinski definition) is 2. The lowest BCUT2D eigenvalue weighted by Crippen LogP contribution is -2.68. The van der Waals surface area contributed by atoms with Crippen LogP contribution in [0.15, 0.2) is 16.8 Å². The Hall–Kier alpha value is -0.420. The summed E-state index contributed by atoms with van der Waals surface area (Å²) < 4.78 is 5.65. The Balaban J connectivity index is 1.82. The molecule has 2 N–H and O–H groups in total. The number of aliphatic hydroxyl groups is 1. The topological polar surface area (TPSA) is 41.5 Å². The van der Waals surface area contributed by atoms with Crippen LogP contribution in [0.4, 0.5) is 0 Å². The van der Waals surface area contributed by atoms with Crippen molar-refractivity contribution in [2.45, 2.75) is 45.4 Å². The summed E-state index contributed by atoms with van der Waals surface area (Å²) in [5, 5.41) is 18.2. The van der Waals surface area contributed by atoms with Crippen LogP contribution >= 0.6 is 11.3 Å². The molecule has 1 heterocycles. The van der Waals surface area contributed by atoms with Gasteiger partial charge in [-0.3, -0.25) is 0 Å². The Morgan fingerprint density at radius 2 is 2.33 bits per heavy atom. The summed E-state index contributed by atoms with van der Waals surface area (Å²) in [6.45, 7) is 8.33. The molecule has 2 rings (SSSR count). The van der Waals surface area contributed by atoms with E-state index in [-0.39, 0.29) is 11.5 Å². The third-order valence-electron chi connectivity index (χ3n) is 4.22. The molecular weight excluding hydrogens is 246 g/mol. The van der Waals surface area contributed by atoms with Crippen molar-refractivity contribution in [1.82, 2.24) is 5.32 Å². The predicted octanol–water partition coefficient (Wildman–Crippen LogP) is 2.40. The summed E-state index contributed by atoms with van der Waals surface area (Å²) in [4.78, 5) is 0. The first-order valence-electron chi connectivity index (χ1n) is 6.55. The Labute approximate surface area is 113 Å². The van der Waals surface area contributed by atoms with Crippen LogP contribution in [0.1, 0.15) is 32.8 Å². The SMILES string of the molecule is CCO[C@@H]1C[C@@](O)(CNCc2ccsc2)C1(C)C. The van der Waals surface area contributed by atoms with Gasteiger partial charge in [-0.2, -0.15) is 11.3 Å². The second-order valence-electron chi connectivity index (χ2n) is 5.64. The molecule has 1 aromatic heterocycles. The maximum absolute atomic E-state index is 10.6. The number of hydrogen-bond acceptors (Lipinski definition) is 4. The molecule has 4 heteroatoms. The molecule has 3 nitrogen and oxygen atoms in total. The summed E-state index contributed by atoms with van der Waals surface area (Å²) in [6, 6.07) is 2.11. The van der Waals surface area contributed by atoms with Crippen molar-refractivity contribution in [2.75, 3.05) is 13.2 Å². The van der Waals surface area contributed by atoms with Gasteiger partial charge >= 0.3 is 0 Å². The molecule has 0 unspecified atom stereocenters. The first kappa shape index (κ1) is 14.0. The van der Waals surface area contributed by atoms with Gasteiger partial charge in [-0.15, -0.1) is 0 Å². The maximum Gasteiger partial charge on any atom is 0.0871 e. The fourth-order valence-corrected chi connectivity index (χ4v) is 3.24. The Morgan fingerprint density at radius 1 is 1.56 bits per heavy atom. The van der Waals surface area contributed by atoms with Crippen LogP contribution in [0, 0.1) is 5.41 Å².